The molecule has 2 rings (SSSR count). The lowest BCUT2D eigenvalue weighted by Crippen LogP contribution is -2.52. The van der Waals surface area contributed by atoms with Crippen molar-refractivity contribution in [1.82, 2.24) is 9.62 Å². The van der Waals surface area contributed by atoms with Gasteiger partial charge in [-0.3, -0.25) is 4.79 Å². The monoisotopic (exact) mass is 352 g/mol. The van der Waals surface area contributed by atoms with Gasteiger partial charge in [-0.1, -0.05) is 12.0 Å². The molecule has 0 bridgehead atoms. The number of carboxylic acid groups (broad SMARTS) is 1. The Morgan fingerprint density at radius 2 is 2.21 bits per heavy atom. The maximum absolute atomic E-state index is 12.6. The summed E-state index contributed by atoms with van der Waals surface area (Å²) in [4.78, 5) is 24.9. The summed E-state index contributed by atoms with van der Waals surface area (Å²) in [6.07, 6.45) is 5.03. The summed E-state index contributed by atoms with van der Waals surface area (Å²) in [5.74, 6) is 0.408. The molecule has 24 heavy (non-hydrogen) atoms. The van der Waals surface area contributed by atoms with Crippen LogP contribution < -0.4 is 4.72 Å². The van der Waals surface area contributed by atoms with Gasteiger partial charge < -0.3 is 14.7 Å². The molecule has 1 heterocycles. The highest BCUT2D eigenvalue weighted by Gasteiger charge is 2.33. The number of carboxylic acids is 1. The largest absolute Gasteiger partial charge is 0.480 e. The number of morpholine rings is 1. The van der Waals surface area contributed by atoms with Crippen molar-refractivity contribution < 1.29 is 27.9 Å². The maximum Gasteiger partial charge on any atom is 0.328 e. The Morgan fingerprint density at radius 1 is 1.46 bits per heavy atom. The first kappa shape index (κ1) is 17.9. The Balaban J connectivity index is 2.29. The second-order valence-electron chi connectivity index (χ2n) is 4.98. The van der Waals surface area contributed by atoms with E-state index in [2.05, 4.69) is 10.6 Å². The summed E-state index contributed by atoms with van der Waals surface area (Å²) in [5, 5.41) is 9.19. The van der Waals surface area contributed by atoms with Gasteiger partial charge in [0.25, 0.3) is 5.91 Å². The van der Waals surface area contributed by atoms with Crippen LogP contribution in [0.5, 0.6) is 0 Å². The molecule has 9 heteroatoms. The number of amides is 1. The van der Waals surface area contributed by atoms with Crippen LogP contribution in [0, 0.1) is 12.3 Å². The summed E-state index contributed by atoms with van der Waals surface area (Å²) in [6.45, 7) is 0.0488. The summed E-state index contributed by atoms with van der Waals surface area (Å²) >= 11 is 0. The Kier molecular flexibility index (Phi) is 5.56. The van der Waals surface area contributed by atoms with Crippen molar-refractivity contribution in [3.63, 3.8) is 0 Å². The molecule has 2 N–H and O–H groups in total. The lowest BCUT2D eigenvalue weighted by molar-refractivity contribution is -0.147. The van der Waals surface area contributed by atoms with E-state index in [0.29, 0.717) is 0 Å². The van der Waals surface area contributed by atoms with Crippen molar-refractivity contribution in [2.45, 2.75) is 10.9 Å². The van der Waals surface area contributed by atoms with Gasteiger partial charge in [0.1, 0.15) is 0 Å². The molecule has 1 unspecified atom stereocenters. The van der Waals surface area contributed by atoms with Crippen molar-refractivity contribution in [1.29, 1.82) is 0 Å². The molecule has 0 aliphatic carbocycles. The van der Waals surface area contributed by atoms with E-state index in [1.165, 1.54) is 24.3 Å². The van der Waals surface area contributed by atoms with Gasteiger partial charge in [0, 0.05) is 12.1 Å². The van der Waals surface area contributed by atoms with Gasteiger partial charge in [-0.15, -0.1) is 6.42 Å². The van der Waals surface area contributed by atoms with E-state index in [-0.39, 0.29) is 36.8 Å². The zero-order chi connectivity index (χ0) is 17.7. The Hall–Kier alpha value is -2.41. The summed E-state index contributed by atoms with van der Waals surface area (Å²) < 4.78 is 31.4. The van der Waals surface area contributed by atoms with Crippen molar-refractivity contribution in [3.8, 4) is 12.3 Å². The minimum Gasteiger partial charge on any atom is -0.480 e. The third-order valence-electron chi connectivity index (χ3n) is 3.43. The molecule has 8 nitrogen and oxygen atoms in total. The predicted molar refractivity (Wildman–Crippen MR) is 83.7 cm³/mol. The minimum atomic E-state index is -3.84. The predicted octanol–water partition coefficient (Wildman–Crippen LogP) is -0.476. The third kappa shape index (κ3) is 3.91. The van der Waals surface area contributed by atoms with Crippen LogP contribution in [0.25, 0.3) is 0 Å². The number of ether oxygens (including phenoxy) is 1. The van der Waals surface area contributed by atoms with Gasteiger partial charge in [-0.2, -0.15) is 4.72 Å². The van der Waals surface area contributed by atoms with E-state index in [0.717, 1.165) is 4.90 Å². The number of hydrogen-bond acceptors (Lipinski definition) is 5. The van der Waals surface area contributed by atoms with E-state index in [1.807, 2.05) is 0 Å². The van der Waals surface area contributed by atoms with Crippen LogP contribution >= 0.6 is 0 Å². The summed E-state index contributed by atoms with van der Waals surface area (Å²) in [7, 11) is -3.84. The molecule has 128 valence electrons. The lowest BCUT2D eigenvalue weighted by Gasteiger charge is -2.32. The number of terminal acetylenes is 1. The summed E-state index contributed by atoms with van der Waals surface area (Å²) in [5.41, 5.74) is 0.0757. The molecule has 1 fully saturated rings. The smallest absolute Gasteiger partial charge is 0.328 e. The lowest BCUT2D eigenvalue weighted by atomic mass is 10.1. The average molecular weight is 352 g/mol. The topological polar surface area (TPSA) is 113 Å². The van der Waals surface area contributed by atoms with Crippen LogP contribution in [0.4, 0.5) is 0 Å². The molecule has 0 spiro atoms. The number of hydrogen-bond donors (Lipinski definition) is 2. The number of aliphatic carboxylic acids is 1. The number of benzene rings is 1. The van der Waals surface area contributed by atoms with E-state index in [4.69, 9.17) is 11.2 Å². The van der Waals surface area contributed by atoms with Gasteiger partial charge in [0.05, 0.1) is 24.7 Å². The number of rotatable bonds is 5. The zero-order valence-electron chi connectivity index (χ0n) is 12.6. The first-order valence-corrected chi connectivity index (χ1v) is 8.50. The fraction of sp³-hybridized carbons (Fsp3) is 0.333. The highest BCUT2D eigenvalue weighted by molar-refractivity contribution is 7.89. The number of nitrogens with zero attached hydrogens (tertiary/aromatic N) is 1. The Morgan fingerprint density at radius 3 is 2.88 bits per heavy atom. The number of nitrogens with one attached hydrogen (secondary N) is 1. The quantitative estimate of drug-likeness (QED) is 0.693. The molecule has 1 aliphatic rings. The molecule has 0 radical (unpaired) electrons. The Labute approximate surface area is 139 Å². The van der Waals surface area contributed by atoms with Crippen LogP contribution in [0.15, 0.2) is 29.2 Å². The minimum absolute atomic E-state index is 0.0757. The SMILES string of the molecule is C#CCNS(=O)(=O)c1cccc(C(=O)N2CCOCC2C(=O)O)c1. The maximum atomic E-state index is 12.6. The molecular formula is C15H16N2O6S. The standard InChI is InChI=1S/C15H16N2O6S/c1-2-6-16-24(21,22)12-5-3-4-11(9-12)14(18)17-7-8-23-10-13(17)15(19)20/h1,3-5,9,13,16H,6-8,10H2,(H,19,20). The second kappa shape index (κ2) is 7.44. The molecule has 1 aromatic rings. The van der Waals surface area contributed by atoms with Crippen LogP contribution in [0.1, 0.15) is 10.4 Å². The first-order chi connectivity index (χ1) is 11.4. The van der Waals surface area contributed by atoms with Gasteiger partial charge in [-0.05, 0) is 18.2 Å². The van der Waals surface area contributed by atoms with Crippen LogP contribution in [0.2, 0.25) is 0 Å². The number of carbonyl (C=O) groups excluding carboxylic acids is 1. The van der Waals surface area contributed by atoms with Crippen LogP contribution in [-0.2, 0) is 19.6 Å². The normalized spacial score (nSPS) is 18.0. The second-order valence-corrected chi connectivity index (χ2v) is 6.75. The third-order valence-corrected chi connectivity index (χ3v) is 4.83. The van der Waals surface area contributed by atoms with Crippen molar-refractivity contribution in [3.05, 3.63) is 29.8 Å². The van der Waals surface area contributed by atoms with Gasteiger partial charge in [0.15, 0.2) is 6.04 Å². The molecular weight excluding hydrogens is 336 g/mol. The highest BCUT2D eigenvalue weighted by atomic mass is 32.2. The number of carbonyl (C=O) groups is 2. The first-order valence-electron chi connectivity index (χ1n) is 7.01. The van der Waals surface area contributed by atoms with Gasteiger partial charge in [0.2, 0.25) is 10.0 Å². The van der Waals surface area contributed by atoms with Crippen molar-refractivity contribution >= 4 is 21.9 Å². The fourth-order valence-electron chi connectivity index (χ4n) is 2.23. The van der Waals surface area contributed by atoms with E-state index < -0.39 is 27.9 Å². The molecule has 1 atom stereocenters. The van der Waals surface area contributed by atoms with E-state index >= 15 is 0 Å². The van der Waals surface area contributed by atoms with E-state index in [1.54, 1.807) is 0 Å². The highest BCUT2D eigenvalue weighted by Crippen LogP contribution is 2.16. The molecule has 1 amide bonds. The van der Waals surface area contributed by atoms with Gasteiger partial charge in [-0.25, -0.2) is 13.2 Å². The average Bonchev–Trinajstić information content (AvgIpc) is 2.59. The van der Waals surface area contributed by atoms with E-state index in [9.17, 15) is 23.1 Å². The molecule has 1 aliphatic heterocycles. The van der Waals surface area contributed by atoms with Gasteiger partial charge >= 0.3 is 5.97 Å². The van der Waals surface area contributed by atoms with Crippen LogP contribution in [0.3, 0.4) is 0 Å². The molecule has 1 saturated heterocycles. The fourth-order valence-corrected chi connectivity index (χ4v) is 3.21. The molecule has 0 aromatic heterocycles. The van der Waals surface area contributed by atoms with Crippen LogP contribution in [-0.4, -0.2) is 62.6 Å². The number of sulfonamides is 1. The molecule has 0 saturated carbocycles. The summed E-state index contributed by atoms with van der Waals surface area (Å²) in [6, 6.07) is 4.25. The van der Waals surface area contributed by atoms with Crippen molar-refractivity contribution in [2.24, 2.45) is 0 Å². The zero-order valence-corrected chi connectivity index (χ0v) is 13.5. The molecule has 1 aromatic carbocycles. The Bertz CT molecular complexity index is 783. The van der Waals surface area contributed by atoms with Crippen molar-refractivity contribution in [2.75, 3.05) is 26.3 Å².